The molecule has 16 heavy (non-hydrogen) atoms. The first-order valence-electron chi connectivity index (χ1n) is 5.21. The molecular weight excluding hydrogens is 207 g/mol. The normalized spacial score (nSPS) is 10.6. The zero-order valence-corrected chi connectivity index (χ0v) is 9.06. The fourth-order valence-electron chi connectivity index (χ4n) is 1.62. The standard InChI is InChI=1S/C12H13FN2O/c1-2-14-7-8-15(12(14)16)9-10-5-3-4-6-11(10)13/h3-8H,2,9H2,1H3. The van der Waals surface area contributed by atoms with Crippen molar-refractivity contribution >= 4 is 0 Å². The molecule has 1 aromatic heterocycles. The van der Waals surface area contributed by atoms with Crippen LogP contribution in [0.5, 0.6) is 0 Å². The predicted octanol–water partition coefficient (Wildman–Crippen LogP) is 1.86. The maximum atomic E-state index is 13.4. The Morgan fingerprint density at radius 3 is 2.50 bits per heavy atom. The first-order chi connectivity index (χ1) is 7.72. The lowest BCUT2D eigenvalue weighted by Crippen LogP contribution is -2.24. The van der Waals surface area contributed by atoms with E-state index in [9.17, 15) is 9.18 Å². The van der Waals surface area contributed by atoms with Crippen molar-refractivity contribution in [2.45, 2.75) is 20.0 Å². The summed E-state index contributed by atoms with van der Waals surface area (Å²) < 4.78 is 16.5. The molecule has 2 aromatic rings. The molecule has 0 saturated heterocycles. The van der Waals surface area contributed by atoms with Gasteiger partial charge in [0.15, 0.2) is 0 Å². The van der Waals surface area contributed by atoms with E-state index >= 15 is 0 Å². The lowest BCUT2D eigenvalue weighted by molar-refractivity contribution is 0.591. The molecule has 0 N–H and O–H groups in total. The Morgan fingerprint density at radius 1 is 1.19 bits per heavy atom. The lowest BCUT2D eigenvalue weighted by Gasteiger charge is -2.03. The van der Waals surface area contributed by atoms with Crippen molar-refractivity contribution in [3.05, 3.63) is 58.5 Å². The van der Waals surface area contributed by atoms with Gasteiger partial charge in [-0.2, -0.15) is 0 Å². The highest BCUT2D eigenvalue weighted by Crippen LogP contribution is 2.07. The van der Waals surface area contributed by atoms with E-state index in [0.29, 0.717) is 12.1 Å². The fourth-order valence-corrected chi connectivity index (χ4v) is 1.62. The van der Waals surface area contributed by atoms with Gasteiger partial charge in [-0.15, -0.1) is 0 Å². The van der Waals surface area contributed by atoms with E-state index in [1.807, 2.05) is 6.92 Å². The first kappa shape index (κ1) is 10.7. The molecule has 1 aromatic carbocycles. The van der Waals surface area contributed by atoms with Gasteiger partial charge in [0.25, 0.3) is 0 Å². The van der Waals surface area contributed by atoms with Crippen LogP contribution in [0.3, 0.4) is 0 Å². The molecule has 0 aliphatic rings. The highest BCUT2D eigenvalue weighted by molar-refractivity contribution is 5.17. The molecule has 0 atom stereocenters. The Labute approximate surface area is 92.8 Å². The number of aromatic nitrogens is 2. The highest BCUT2D eigenvalue weighted by Gasteiger charge is 2.05. The van der Waals surface area contributed by atoms with Crippen LogP contribution in [0.4, 0.5) is 4.39 Å². The number of hydrogen-bond acceptors (Lipinski definition) is 1. The number of hydrogen-bond donors (Lipinski definition) is 0. The van der Waals surface area contributed by atoms with E-state index in [1.165, 1.54) is 10.6 Å². The fraction of sp³-hybridized carbons (Fsp3) is 0.250. The van der Waals surface area contributed by atoms with Gasteiger partial charge < -0.3 is 0 Å². The summed E-state index contributed by atoms with van der Waals surface area (Å²) in [6.07, 6.45) is 3.39. The van der Waals surface area contributed by atoms with Crippen LogP contribution in [-0.2, 0) is 13.1 Å². The van der Waals surface area contributed by atoms with Crippen molar-refractivity contribution < 1.29 is 4.39 Å². The molecule has 0 spiro atoms. The number of benzene rings is 1. The average Bonchev–Trinajstić information content (AvgIpc) is 2.63. The summed E-state index contributed by atoms with van der Waals surface area (Å²) in [5, 5.41) is 0. The number of halogens is 1. The summed E-state index contributed by atoms with van der Waals surface area (Å²) in [7, 11) is 0. The number of rotatable bonds is 3. The Kier molecular flexibility index (Phi) is 2.90. The zero-order valence-electron chi connectivity index (χ0n) is 9.06. The van der Waals surface area contributed by atoms with Crippen molar-refractivity contribution in [1.82, 2.24) is 9.13 Å². The van der Waals surface area contributed by atoms with Crippen LogP contribution >= 0.6 is 0 Å². The average molecular weight is 220 g/mol. The Hall–Kier alpha value is -1.84. The second kappa shape index (κ2) is 4.35. The zero-order chi connectivity index (χ0) is 11.5. The summed E-state index contributed by atoms with van der Waals surface area (Å²) in [4.78, 5) is 11.7. The van der Waals surface area contributed by atoms with Gasteiger partial charge >= 0.3 is 5.69 Å². The summed E-state index contributed by atoms with van der Waals surface area (Å²) in [6.45, 7) is 2.80. The Bertz CT molecular complexity index is 542. The molecule has 0 bridgehead atoms. The molecule has 0 aliphatic carbocycles. The second-order valence-electron chi connectivity index (χ2n) is 3.59. The Morgan fingerprint density at radius 2 is 1.88 bits per heavy atom. The molecule has 1 heterocycles. The van der Waals surface area contributed by atoms with Crippen molar-refractivity contribution in [1.29, 1.82) is 0 Å². The van der Waals surface area contributed by atoms with E-state index in [2.05, 4.69) is 0 Å². The molecule has 0 amide bonds. The highest BCUT2D eigenvalue weighted by atomic mass is 19.1. The van der Waals surface area contributed by atoms with Crippen LogP contribution < -0.4 is 5.69 Å². The first-order valence-corrected chi connectivity index (χ1v) is 5.21. The minimum absolute atomic E-state index is 0.106. The van der Waals surface area contributed by atoms with Gasteiger partial charge in [0.2, 0.25) is 0 Å². The summed E-state index contributed by atoms with van der Waals surface area (Å²) in [6, 6.07) is 6.49. The summed E-state index contributed by atoms with van der Waals surface area (Å²) in [5.41, 5.74) is 0.421. The molecule has 0 radical (unpaired) electrons. The van der Waals surface area contributed by atoms with Crippen LogP contribution in [0.2, 0.25) is 0 Å². The van der Waals surface area contributed by atoms with Crippen molar-refractivity contribution in [2.24, 2.45) is 0 Å². The lowest BCUT2D eigenvalue weighted by atomic mass is 10.2. The van der Waals surface area contributed by atoms with Gasteiger partial charge in [-0.3, -0.25) is 9.13 Å². The smallest absolute Gasteiger partial charge is 0.300 e. The van der Waals surface area contributed by atoms with Crippen LogP contribution in [-0.4, -0.2) is 9.13 Å². The van der Waals surface area contributed by atoms with E-state index in [-0.39, 0.29) is 18.1 Å². The SMILES string of the molecule is CCn1ccn(Cc2ccccc2F)c1=O. The van der Waals surface area contributed by atoms with Gasteiger partial charge in [0.05, 0.1) is 6.54 Å². The van der Waals surface area contributed by atoms with Crippen molar-refractivity contribution in [2.75, 3.05) is 0 Å². The van der Waals surface area contributed by atoms with Gasteiger partial charge in [0, 0.05) is 24.5 Å². The third-order valence-electron chi connectivity index (χ3n) is 2.56. The van der Waals surface area contributed by atoms with Gasteiger partial charge in [-0.05, 0) is 13.0 Å². The minimum atomic E-state index is -0.279. The second-order valence-corrected chi connectivity index (χ2v) is 3.59. The molecule has 84 valence electrons. The number of nitrogens with zero attached hydrogens (tertiary/aromatic N) is 2. The van der Waals surface area contributed by atoms with Crippen LogP contribution in [0.25, 0.3) is 0 Å². The topological polar surface area (TPSA) is 26.9 Å². The summed E-state index contributed by atoms with van der Waals surface area (Å²) >= 11 is 0. The van der Waals surface area contributed by atoms with Crippen LogP contribution in [0.1, 0.15) is 12.5 Å². The van der Waals surface area contributed by atoms with Crippen molar-refractivity contribution in [3.63, 3.8) is 0 Å². The van der Waals surface area contributed by atoms with Gasteiger partial charge in [-0.1, -0.05) is 18.2 Å². The third-order valence-corrected chi connectivity index (χ3v) is 2.56. The molecule has 0 saturated carbocycles. The molecule has 4 heteroatoms. The number of aryl methyl sites for hydroxylation is 1. The molecule has 2 rings (SSSR count). The van der Waals surface area contributed by atoms with E-state index in [0.717, 1.165) is 0 Å². The van der Waals surface area contributed by atoms with Gasteiger partial charge in [-0.25, -0.2) is 9.18 Å². The maximum absolute atomic E-state index is 13.4. The molecular formula is C12H13FN2O. The quantitative estimate of drug-likeness (QED) is 0.775. The van der Waals surface area contributed by atoms with Crippen LogP contribution in [0.15, 0.2) is 41.5 Å². The Balaban J connectivity index is 2.31. The van der Waals surface area contributed by atoms with Crippen LogP contribution in [0, 0.1) is 5.82 Å². The predicted molar refractivity (Wildman–Crippen MR) is 59.9 cm³/mol. The minimum Gasteiger partial charge on any atom is -0.300 e. The van der Waals surface area contributed by atoms with E-state index < -0.39 is 0 Å². The maximum Gasteiger partial charge on any atom is 0.328 e. The van der Waals surface area contributed by atoms with E-state index in [4.69, 9.17) is 0 Å². The van der Waals surface area contributed by atoms with Gasteiger partial charge in [0.1, 0.15) is 5.82 Å². The molecule has 3 nitrogen and oxygen atoms in total. The summed E-state index contributed by atoms with van der Waals surface area (Å²) in [5.74, 6) is -0.279. The number of imidazole rings is 1. The third kappa shape index (κ3) is 1.91. The van der Waals surface area contributed by atoms with E-state index in [1.54, 1.807) is 35.2 Å². The molecule has 0 unspecified atom stereocenters. The monoisotopic (exact) mass is 220 g/mol. The molecule has 0 aliphatic heterocycles. The molecule has 0 fully saturated rings. The van der Waals surface area contributed by atoms with Crippen molar-refractivity contribution in [3.8, 4) is 0 Å². The largest absolute Gasteiger partial charge is 0.328 e.